The average Bonchev–Trinajstić information content (AvgIpc) is 3.85. The molecule has 2 fully saturated rings. The van der Waals surface area contributed by atoms with E-state index in [9.17, 15) is 62.6 Å². The molecule has 8 atom stereocenters. The van der Waals surface area contributed by atoms with Crippen LogP contribution in [0.1, 0.15) is 63.9 Å². The van der Waals surface area contributed by atoms with E-state index in [-0.39, 0.29) is 82.0 Å². The van der Waals surface area contributed by atoms with Crippen molar-refractivity contribution < 1.29 is 67.4 Å². The van der Waals surface area contributed by atoms with Crippen molar-refractivity contribution in [2.75, 3.05) is 44.8 Å². The van der Waals surface area contributed by atoms with Gasteiger partial charge in [-0.1, -0.05) is 33.7 Å². The number of amides is 11. The monoisotopic (exact) mass is 1090 g/mol. The molecule has 2 saturated heterocycles. The first kappa shape index (κ1) is 61.9. The van der Waals surface area contributed by atoms with Gasteiger partial charge in [-0.15, -0.1) is 0 Å². The number of primary amides is 2. The van der Waals surface area contributed by atoms with Crippen LogP contribution in [0.2, 0.25) is 0 Å². The highest BCUT2D eigenvalue weighted by Crippen LogP contribution is 2.24. The van der Waals surface area contributed by atoms with E-state index in [0.717, 1.165) is 33.4 Å². The average molecular weight is 1090 g/mol. The number of carboxylic acids is 1. The van der Waals surface area contributed by atoms with Crippen molar-refractivity contribution in [1.29, 1.82) is 0 Å². The fourth-order valence-corrected chi connectivity index (χ4v) is 9.95. The van der Waals surface area contributed by atoms with Gasteiger partial charge in [0.2, 0.25) is 65.0 Å². The Morgan fingerprint density at radius 2 is 1.35 bits per heavy atom. The van der Waals surface area contributed by atoms with E-state index in [2.05, 4.69) is 47.5 Å². The number of carbonyl (C=O) groups is 12. The molecule has 11 amide bonds. The number of fused-ring (bicyclic) bond motifs is 1. The zero-order chi connectivity index (χ0) is 55.8. The highest BCUT2D eigenvalue weighted by Gasteiger charge is 2.40. The van der Waals surface area contributed by atoms with E-state index >= 15 is 0 Å². The third-order valence-corrected chi connectivity index (χ3v) is 13.8. The first-order valence-electron chi connectivity index (χ1n) is 23.6. The number of carbonyl (C=O) groups excluding carboxylic acids is 11. The van der Waals surface area contributed by atoms with Gasteiger partial charge in [0.05, 0.1) is 26.5 Å². The zero-order valence-corrected chi connectivity index (χ0v) is 43.0. The number of hydrogen-bond donors (Lipinski definition) is 14. The standard InChI is InChI=1S/C44H67N15O14S2/c1-22(60)52-31-21-75-74-20-30(36(47)65)58-38(67)26(6-3-13-45)54-39(68)27(16-23-9-11-24(73-2)12-10-23)56-40(69)28(18-35(63)64)53-34(62)19-51-37(66)25(7-4-14-50-44(48)49)55-42(71)32-8-5-15-59(32)43(72)29(17-33(46)61)57-41(31)70/h9-12,25-32H,3-8,13-21,45H2,1-2H3,(H2,46,61)(H2,47,65)(H,51,66)(H,52,60)(H,53,62)(H,54,68)(H,55,71)(H,56,69)(H,57,70)(H,58,67)(H,63,64)(H4,48,49,50)/t25-,26-,27-,28-,29-,30-,31-,32-/m0/s1. The Hall–Kier alpha value is -7.41. The Kier molecular flexibility index (Phi) is 25.9. The number of nitrogens with one attached hydrogen (secondary N) is 8. The fraction of sp³-hybridized carbons (Fsp3) is 0.568. The van der Waals surface area contributed by atoms with Crippen LogP contribution in [0.25, 0.3) is 0 Å². The molecular weight excluding hydrogens is 1030 g/mol. The van der Waals surface area contributed by atoms with Gasteiger partial charge in [0.1, 0.15) is 54.1 Å². The summed E-state index contributed by atoms with van der Waals surface area (Å²) in [7, 11) is 3.33. The number of nitrogens with zero attached hydrogens (tertiary/aromatic N) is 2. The molecular formula is C44H67N15O14S2. The van der Waals surface area contributed by atoms with Gasteiger partial charge >= 0.3 is 5.97 Å². The first-order chi connectivity index (χ1) is 35.5. The van der Waals surface area contributed by atoms with Gasteiger partial charge in [0.25, 0.3) is 0 Å². The number of guanidine groups is 1. The largest absolute Gasteiger partial charge is 0.497 e. The molecule has 0 bridgehead atoms. The van der Waals surface area contributed by atoms with Crippen LogP contribution in [0.3, 0.4) is 0 Å². The number of methoxy groups -OCH3 is 1. The highest BCUT2D eigenvalue weighted by molar-refractivity contribution is 8.76. The van der Waals surface area contributed by atoms with E-state index in [1.54, 1.807) is 24.3 Å². The van der Waals surface area contributed by atoms with Gasteiger partial charge in [0, 0.05) is 37.9 Å². The molecule has 1 aromatic rings. The molecule has 2 aliphatic rings. The van der Waals surface area contributed by atoms with Crippen molar-refractivity contribution in [3.05, 3.63) is 29.8 Å². The van der Waals surface area contributed by atoms with Crippen molar-refractivity contribution >= 4 is 98.5 Å². The molecule has 19 N–H and O–H groups in total. The molecule has 0 saturated carbocycles. The Morgan fingerprint density at radius 1 is 0.747 bits per heavy atom. The number of hydrogen-bond acceptors (Lipinski definition) is 17. The summed E-state index contributed by atoms with van der Waals surface area (Å²) in [5.74, 6) is -12.1. The van der Waals surface area contributed by atoms with Gasteiger partial charge < -0.3 is 85.9 Å². The maximum atomic E-state index is 14.2. The summed E-state index contributed by atoms with van der Waals surface area (Å²) in [6.45, 7) is 0.275. The fourth-order valence-electron chi connectivity index (χ4n) is 7.61. The Labute approximate surface area is 439 Å². The molecule has 414 valence electrons. The Bertz CT molecular complexity index is 2270. The lowest BCUT2D eigenvalue weighted by Gasteiger charge is -2.30. The van der Waals surface area contributed by atoms with E-state index < -0.39 is 139 Å². The number of ether oxygens (including phenoxy) is 1. The predicted octanol–water partition coefficient (Wildman–Crippen LogP) is -6.22. The smallest absolute Gasteiger partial charge is 0.305 e. The van der Waals surface area contributed by atoms with E-state index in [4.69, 9.17) is 33.4 Å². The van der Waals surface area contributed by atoms with Crippen LogP contribution in [-0.2, 0) is 64.0 Å². The number of rotatable bonds is 16. The molecule has 3 rings (SSSR count). The summed E-state index contributed by atoms with van der Waals surface area (Å²) in [6.07, 6.45) is -1.59. The van der Waals surface area contributed by atoms with Gasteiger partial charge in [-0.05, 0) is 62.8 Å². The molecule has 0 aliphatic carbocycles. The van der Waals surface area contributed by atoms with Crippen LogP contribution < -0.4 is 75.9 Å². The van der Waals surface area contributed by atoms with Crippen molar-refractivity contribution in [2.45, 2.75) is 113 Å². The molecule has 75 heavy (non-hydrogen) atoms. The molecule has 2 heterocycles. The number of benzene rings is 1. The molecule has 0 radical (unpaired) electrons. The quantitative estimate of drug-likeness (QED) is 0.0317. The number of aliphatic carboxylic acids is 1. The second-order valence-electron chi connectivity index (χ2n) is 17.3. The summed E-state index contributed by atoms with van der Waals surface area (Å²) in [6, 6.07) is -5.55. The van der Waals surface area contributed by atoms with Crippen LogP contribution in [0.5, 0.6) is 5.75 Å². The van der Waals surface area contributed by atoms with Crippen LogP contribution in [0, 0.1) is 0 Å². The minimum absolute atomic E-state index is 0.000582. The molecule has 0 spiro atoms. The predicted molar refractivity (Wildman–Crippen MR) is 272 cm³/mol. The zero-order valence-electron chi connectivity index (χ0n) is 41.4. The van der Waals surface area contributed by atoms with E-state index in [1.807, 2.05) is 0 Å². The maximum absolute atomic E-state index is 14.2. The van der Waals surface area contributed by atoms with Crippen LogP contribution >= 0.6 is 21.6 Å². The van der Waals surface area contributed by atoms with Crippen LogP contribution in [0.4, 0.5) is 0 Å². The Morgan fingerprint density at radius 3 is 1.96 bits per heavy atom. The third kappa shape index (κ3) is 21.5. The number of aliphatic imine (C=N–C) groups is 1. The van der Waals surface area contributed by atoms with Crippen molar-refractivity contribution in [1.82, 2.24) is 47.4 Å². The summed E-state index contributed by atoms with van der Waals surface area (Å²) in [5.41, 5.74) is 28.2. The second kappa shape index (κ2) is 31.4. The van der Waals surface area contributed by atoms with Crippen LogP contribution in [-0.4, -0.2) is 180 Å². The van der Waals surface area contributed by atoms with Crippen LogP contribution in [0.15, 0.2) is 29.3 Å². The first-order valence-corrected chi connectivity index (χ1v) is 26.1. The lowest BCUT2D eigenvalue weighted by Crippen LogP contribution is -2.59. The number of nitrogens with two attached hydrogens (primary N) is 5. The molecule has 1 aromatic carbocycles. The normalized spacial score (nSPS) is 24.3. The van der Waals surface area contributed by atoms with E-state index in [1.165, 1.54) is 7.11 Å². The van der Waals surface area contributed by atoms with Crippen molar-refractivity contribution in [2.24, 2.45) is 33.7 Å². The van der Waals surface area contributed by atoms with E-state index in [0.29, 0.717) is 11.3 Å². The third-order valence-electron chi connectivity index (χ3n) is 11.4. The SMILES string of the molecule is COc1ccc(C[C@@H]2NC(=O)[C@H](CC(=O)O)NC(=O)CNC(=O)[C@H](CCCN=C(N)N)NC(=O)[C@@H]3CCCN3C(=O)[C@H](CC(N)=O)NC(=O)[C@@H](NC(C)=O)CSSC[C@@H](C(N)=O)NC(=O)[C@H](CCCN)NC2=O)cc1. The van der Waals surface area contributed by atoms with Crippen molar-refractivity contribution in [3.63, 3.8) is 0 Å². The molecule has 31 heteroatoms. The lowest BCUT2D eigenvalue weighted by molar-refractivity contribution is -0.143. The molecule has 2 aliphatic heterocycles. The molecule has 29 nitrogen and oxygen atoms in total. The van der Waals surface area contributed by atoms with Gasteiger partial charge in [-0.3, -0.25) is 62.5 Å². The summed E-state index contributed by atoms with van der Waals surface area (Å²) < 4.78 is 5.21. The summed E-state index contributed by atoms with van der Waals surface area (Å²) in [4.78, 5) is 165. The summed E-state index contributed by atoms with van der Waals surface area (Å²) >= 11 is 0. The van der Waals surface area contributed by atoms with Crippen molar-refractivity contribution in [3.8, 4) is 5.75 Å². The maximum Gasteiger partial charge on any atom is 0.305 e. The minimum atomic E-state index is -1.85. The number of carboxylic acid groups (broad SMARTS) is 1. The Balaban J connectivity index is 2.10. The van der Waals surface area contributed by atoms with Gasteiger partial charge in [-0.25, -0.2) is 0 Å². The van der Waals surface area contributed by atoms with Gasteiger partial charge in [-0.2, -0.15) is 0 Å². The molecule has 0 unspecified atom stereocenters. The summed E-state index contributed by atoms with van der Waals surface area (Å²) in [5, 5.41) is 29.3. The van der Waals surface area contributed by atoms with Gasteiger partial charge in [0.15, 0.2) is 5.96 Å². The molecule has 0 aromatic heterocycles. The minimum Gasteiger partial charge on any atom is -0.497 e. The highest BCUT2D eigenvalue weighted by atomic mass is 33.1. The lowest BCUT2D eigenvalue weighted by atomic mass is 10.0. The second-order valence-corrected chi connectivity index (χ2v) is 19.8. The topological polar surface area (TPSA) is 476 Å².